The van der Waals surface area contributed by atoms with Crippen molar-refractivity contribution < 1.29 is 4.74 Å². The maximum Gasteiger partial charge on any atom is 0.250 e. The minimum Gasteiger partial charge on any atom is -0.494 e. The van der Waals surface area contributed by atoms with Crippen molar-refractivity contribution in [1.29, 1.82) is 0 Å². The van der Waals surface area contributed by atoms with Crippen molar-refractivity contribution in [3.8, 4) is 5.75 Å². The van der Waals surface area contributed by atoms with E-state index in [4.69, 9.17) is 4.74 Å². The summed E-state index contributed by atoms with van der Waals surface area (Å²) in [4.78, 5) is 18.6. The van der Waals surface area contributed by atoms with Crippen LogP contribution in [0, 0.1) is 6.92 Å². The molecule has 0 saturated carbocycles. The van der Waals surface area contributed by atoms with Gasteiger partial charge in [0.2, 0.25) is 0 Å². The highest BCUT2D eigenvalue weighted by Crippen LogP contribution is 2.19. The lowest BCUT2D eigenvalue weighted by Gasteiger charge is -2.23. The second-order valence-electron chi connectivity index (χ2n) is 8.47. The Morgan fingerprint density at radius 2 is 1.88 bits per heavy atom. The van der Waals surface area contributed by atoms with Gasteiger partial charge >= 0.3 is 0 Å². The summed E-state index contributed by atoms with van der Waals surface area (Å²) >= 11 is 0. The Hall–Kier alpha value is -3.44. The van der Waals surface area contributed by atoms with Gasteiger partial charge in [0.15, 0.2) is 0 Å². The number of pyridine rings is 2. The van der Waals surface area contributed by atoms with Crippen molar-refractivity contribution in [3.63, 3.8) is 0 Å². The fourth-order valence-electron chi connectivity index (χ4n) is 4.06. The molecule has 0 amide bonds. The topological polar surface area (TPSA) is 47.4 Å². The Bertz CT molecular complexity index is 1250. The molecule has 0 aliphatic heterocycles. The van der Waals surface area contributed by atoms with Gasteiger partial charge in [0.1, 0.15) is 5.75 Å². The number of hydrogen-bond donors (Lipinski definition) is 0. The summed E-state index contributed by atoms with van der Waals surface area (Å²) in [5.41, 5.74) is 4.86. The van der Waals surface area contributed by atoms with Crippen LogP contribution in [-0.2, 0) is 20.0 Å². The molecule has 0 atom stereocenters. The van der Waals surface area contributed by atoms with Crippen LogP contribution in [-0.4, -0.2) is 34.1 Å². The van der Waals surface area contributed by atoms with E-state index in [1.807, 2.05) is 42.7 Å². The summed E-state index contributed by atoms with van der Waals surface area (Å²) in [6, 6.07) is 22.1. The van der Waals surface area contributed by atoms with Gasteiger partial charge in [-0.25, -0.2) is 0 Å². The van der Waals surface area contributed by atoms with E-state index >= 15 is 0 Å². The van der Waals surface area contributed by atoms with Crippen LogP contribution in [0.25, 0.3) is 10.9 Å². The molecule has 0 unspecified atom stereocenters. The molecule has 4 aromatic rings. The normalized spacial score (nSPS) is 11.2. The zero-order valence-corrected chi connectivity index (χ0v) is 19.4. The predicted molar refractivity (Wildman–Crippen MR) is 134 cm³/mol. The van der Waals surface area contributed by atoms with Gasteiger partial charge in [-0.2, -0.15) is 0 Å². The molecule has 2 aromatic heterocycles. The zero-order chi connectivity index (χ0) is 23.0. The number of hydrogen-bond acceptors (Lipinski definition) is 4. The number of ether oxygens (including phenoxy) is 1. The Morgan fingerprint density at radius 1 is 1.00 bits per heavy atom. The van der Waals surface area contributed by atoms with Crippen molar-refractivity contribution in [2.75, 3.05) is 19.7 Å². The van der Waals surface area contributed by atoms with E-state index in [2.05, 4.69) is 47.1 Å². The number of fused-ring (bicyclic) bond motifs is 1. The van der Waals surface area contributed by atoms with Crippen molar-refractivity contribution in [2.24, 2.45) is 7.05 Å². The SMILES string of the molecule is Cc1ccccc1CN(CCCOc1ccc2c(ccc(=O)n2C)c1)CCc1cccnc1. The van der Waals surface area contributed by atoms with Crippen molar-refractivity contribution in [2.45, 2.75) is 26.3 Å². The van der Waals surface area contributed by atoms with Crippen LogP contribution in [0.15, 0.2) is 83.9 Å². The highest BCUT2D eigenvalue weighted by molar-refractivity contribution is 5.80. The minimum atomic E-state index is -0.00352. The van der Waals surface area contributed by atoms with Crippen molar-refractivity contribution in [1.82, 2.24) is 14.5 Å². The van der Waals surface area contributed by atoms with Crippen LogP contribution >= 0.6 is 0 Å². The molecule has 2 aromatic carbocycles. The molecule has 0 saturated heterocycles. The molecule has 5 heteroatoms. The summed E-state index contributed by atoms with van der Waals surface area (Å²) in [7, 11) is 1.79. The second-order valence-corrected chi connectivity index (χ2v) is 8.47. The molecule has 0 spiro atoms. The van der Waals surface area contributed by atoms with Gasteiger partial charge in [-0.15, -0.1) is 0 Å². The first kappa shape index (κ1) is 22.7. The van der Waals surface area contributed by atoms with E-state index in [0.717, 1.165) is 49.1 Å². The van der Waals surface area contributed by atoms with E-state index in [1.165, 1.54) is 16.7 Å². The number of nitrogens with zero attached hydrogens (tertiary/aromatic N) is 3. The fourth-order valence-corrected chi connectivity index (χ4v) is 4.06. The highest BCUT2D eigenvalue weighted by Gasteiger charge is 2.09. The molecule has 0 aliphatic rings. The largest absolute Gasteiger partial charge is 0.494 e. The molecule has 4 rings (SSSR count). The first-order chi connectivity index (χ1) is 16.1. The second kappa shape index (κ2) is 10.9. The molecule has 170 valence electrons. The lowest BCUT2D eigenvalue weighted by atomic mass is 10.1. The third kappa shape index (κ3) is 6.08. The number of aryl methyl sites for hydroxylation is 2. The minimum absolute atomic E-state index is 0.00352. The molecule has 0 radical (unpaired) electrons. The third-order valence-electron chi connectivity index (χ3n) is 6.08. The van der Waals surface area contributed by atoms with Crippen LogP contribution in [0.5, 0.6) is 5.75 Å². The Kier molecular flexibility index (Phi) is 7.53. The smallest absolute Gasteiger partial charge is 0.250 e. The summed E-state index contributed by atoms with van der Waals surface area (Å²) in [6.07, 6.45) is 5.68. The number of aromatic nitrogens is 2. The summed E-state index contributed by atoms with van der Waals surface area (Å²) in [6.45, 7) is 5.68. The molecular weight excluding hydrogens is 410 g/mol. The van der Waals surface area contributed by atoms with E-state index in [-0.39, 0.29) is 5.56 Å². The average Bonchev–Trinajstić information content (AvgIpc) is 2.84. The molecule has 0 fully saturated rings. The first-order valence-corrected chi connectivity index (χ1v) is 11.5. The van der Waals surface area contributed by atoms with Gasteiger partial charge in [0, 0.05) is 50.5 Å². The molecule has 2 heterocycles. The van der Waals surface area contributed by atoms with Crippen LogP contribution in [0.2, 0.25) is 0 Å². The van der Waals surface area contributed by atoms with Crippen molar-refractivity contribution >= 4 is 10.9 Å². The third-order valence-corrected chi connectivity index (χ3v) is 6.08. The average molecular weight is 442 g/mol. The van der Waals surface area contributed by atoms with E-state index in [9.17, 15) is 4.79 Å². The Labute approximate surface area is 195 Å². The first-order valence-electron chi connectivity index (χ1n) is 11.5. The molecule has 0 bridgehead atoms. The Morgan fingerprint density at radius 3 is 2.70 bits per heavy atom. The van der Waals surface area contributed by atoms with E-state index in [1.54, 1.807) is 17.7 Å². The van der Waals surface area contributed by atoms with Gasteiger partial charge in [-0.3, -0.25) is 14.7 Å². The quantitative estimate of drug-likeness (QED) is 0.333. The van der Waals surface area contributed by atoms with Gasteiger partial charge in [0.25, 0.3) is 5.56 Å². The van der Waals surface area contributed by atoms with E-state index in [0.29, 0.717) is 6.61 Å². The van der Waals surface area contributed by atoms with E-state index < -0.39 is 0 Å². The summed E-state index contributed by atoms with van der Waals surface area (Å²) < 4.78 is 7.70. The lowest BCUT2D eigenvalue weighted by Crippen LogP contribution is -2.28. The summed E-state index contributed by atoms with van der Waals surface area (Å²) in [5, 5.41) is 1.01. The summed E-state index contributed by atoms with van der Waals surface area (Å²) in [5.74, 6) is 0.835. The zero-order valence-electron chi connectivity index (χ0n) is 19.4. The maximum atomic E-state index is 11.8. The van der Waals surface area contributed by atoms with Gasteiger partial charge < -0.3 is 9.30 Å². The van der Waals surface area contributed by atoms with Crippen LogP contribution in [0.1, 0.15) is 23.1 Å². The van der Waals surface area contributed by atoms with Gasteiger partial charge in [0.05, 0.1) is 12.1 Å². The monoisotopic (exact) mass is 441 g/mol. The number of benzene rings is 2. The lowest BCUT2D eigenvalue weighted by molar-refractivity contribution is 0.229. The maximum absolute atomic E-state index is 11.8. The predicted octanol–water partition coefficient (Wildman–Crippen LogP) is 4.76. The molecule has 0 aliphatic carbocycles. The fraction of sp³-hybridized carbons (Fsp3) is 0.286. The number of rotatable bonds is 10. The molecule has 33 heavy (non-hydrogen) atoms. The van der Waals surface area contributed by atoms with Crippen LogP contribution in [0.3, 0.4) is 0 Å². The van der Waals surface area contributed by atoms with Gasteiger partial charge in [-0.1, -0.05) is 30.3 Å². The van der Waals surface area contributed by atoms with Gasteiger partial charge in [-0.05, 0) is 66.8 Å². The molecule has 0 N–H and O–H groups in total. The van der Waals surface area contributed by atoms with Crippen LogP contribution in [0.4, 0.5) is 0 Å². The standard InChI is InChI=1S/C28H31N3O2/c1-22-7-3-4-9-25(22)21-31(17-14-23-8-5-15-29-20-23)16-6-18-33-26-11-12-27-24(19-26)10-13-28(32)30(27)2/h3-5,7-13,15,19-20H,6,14,16-18,21H2,1-2H3. The van der Waals surface area contributed by atoms with Crippen LogP contribution < -0.4 is 10.3 Å². The molecule has 5 nitrogen and oxygen atoms in total. The molecular formula is C28H31N3O2. The van der Waals surface area contributed by atoms with Crippen molar-refractivity contribution in [3.05, 3.63) is 106 Å². The highest BCUT2D eigenvalue weighted by atomic mass is 16.5. The Balaban J connectivity index is 1.35.